The standard InChI is InChI=1S/C32H23NS.C23H18/c33-30-17-15-25(20-27(30)14-13-22-7-2-1-3-8-22)23-9-6-10-24(19-23)26-16-18-32-29(21-26)28-11-4-5-12-31(28)34-32;1-2-7-18(8-3-1)17-19-13-15-21(16-14-19)23-12-6-10-20-9-4-5-11-22(20)23/h1-21H,33H2;1-16H,17H2/b14-13-;. The summed E-state index contributed by atoms with van der Waals surface area (Å²) in [4.78, 5) is 0. The maximum atomic E-state index is 6.29. The fourth-order valence-corrected chi connectivity index (χ4v) is 8.63. The van der Waals surface area contributed by atoms with Crippen LogP contribution >= 0.6 is 11.3 Å². The number of hydrogen-bond acceptors (Lipinski definition) is 2. The number of hydrogen-bond donors (Lipinski definition) is 1. The third kappa shape index (κ3) is 8.04. The van der Waals surface area contributed by atoms with Crippen molar-refractivity contribution in [1.29, 1.82) is 0 Å². The van der Waals surface area contributed by atoms with E-state index in [2.05, 4.69) is 200 Å². The van der Waals surface area contributed by atoms with Crippen LogP contribution in [0.5, 0.6) is 0 Å². The van der Waals surface area contributed by atoms with E-state index in [0.717, 1.165) is 28.8 Å². The second-order valence-electron chi connectivity index (χ2n) is 14.4. The van der Waals surface area contributed by atoms with Crippen LogP contribution in [0.4, 0.5) is 5.69 Å². The minimum Gasteiger partial charge on any atom is -0.398 e. The normalized spacial score (nSPS) is 11.2. The van der Waals surface area contributed by atoms with Crippen LogP contribution in [0, 0.1) is 0 Å². The van der Waals surface area contributed by atoms with Crippen LogP contribution in [0.3, 0.4) is 0 Å². The van der Waals surface area contributed by atoms with Gasteiger partial charge >= 0.3 is 0 Å². The van der Waals surface area contributed by atoms with Crippen molar-refractivity contribution in [2.75, 3.05) is 5.73 Å². The molecule has 1 aromatic heterocycles. The number of rotatable bonds is 7. The second kappa shape index (κ2) is 16.4. The molecule has 0 fully saturated rings. The van der Waals surface area contributed by atoms with Crippen LogP contribution in [-0.2, 0) is 6.42 Å². The molecule has 2 heteroatoms. The van der Waals surface area contributed by atoms with Gasteiger partial charge in [0.2, 0.25) is 0 Å². The number of fused-ring (bicyclic) bond motifs is 4. The van der Waals surface area contributed by atoms with Crippen LogP contribution in [0.25, 0.3) is 76.5 Å². The molecule has 272 valence electrons. The Morgan fingerprint density at radius 3 is 1.77 bits per heavy atom. The second-order valence-corrected chi connectivity index (χ2v) is 15.4. The van der Waals surface area contributed by atoms with Gasteiger partial charge in [-0.3, -0.25) is 0 Å². The van der Waals surface area contributed by atoms with E-state index in [-0.39, 0.29) is 0 Å². The highest BCUT2D eigenvalue weighted by Gasteiger charge is 2.09. The SMILES string of the molecule is Nc1ccc(-c2cccc(-c3ccc4sc5ccccc5c4c3)c2)cc1/C=C\c1ccccc1.c1ccc(Cc2ccc(-c3cccc4ccccc34)cc2)cc1. The first-order valence-electron chi connectivity index (χ1n) is 19.4. The predicted molar refractivity (Wildman–Crippen MR) is 249 cm³/mol. The van der Waals surface area contributed by atoms with Gasteiger partial charge in [-0.2, -0.15) is 0 Å². The molecular weight excluding hydrogens is 707 g/mol. The summed E-state index contributed by atoms with van der Waals surface area (Å²) in [6, 6.07) is 75.4. The molecule has 0 bridgehead atoms. The minimum absolute atomic E-state index is 0.780. The van der Waals surface area contributed by atoms with E-state index in [0.29, 0.717) is 0 Å². The number of benzene rings is 9. The van der Waals surface area contributed by atoms with Crippen molar-refractivity contribution >= 4 is 60.1 Å². The topological polar surface area (TPSA) is 26.0 Å². The summed E-state index contributed by atoms with van der Waals surface area (Å²) in [5.74, 6) is 0. The Morgan fingerprint density at radius 1 is 0.386 bits per heavy atom. The van der Waals surface area contributed by atoms with Gasteiger partial charge < -0.3 is 5.73 Å². The van der Waals surface area contributed by atoms with Crippen molar-refractivity contribution in [3.63, 3.8) is 0 Å². The zero-order chi connectivity index (χ0) is 38.4. The first-order chi connectivity index (χ1) is 28.1. The van der Waals surface area contributed by atoms with Crippen LogP contribution in [-0.4, -0.2) is 0 Å². The fraction of sp³-hybridized carbons (Fsp3) is 0.0182. The minimum atomic E-state index is 0.780. The molecule has 10 aromatic rings. The van der Waals surface area contributed by atoms with Gasteiger partial charge in [0.25, 0.3) is 0 Å². The van der Waals surface area contributed by atoms with Gasteiger partial charge in [0.05, 0.1) is 0 Å². The van der Waals surface area contributed by atoms with E-state index >= 15 is 0 Å². The highest BCUT2D eigenvalue weighted by atomic mass is 32.1. The number of nitrogens with two attached hydrogens (primary N) is 1. The first kappa shape index (κ1) is 35.7. The Morgan fingerprint density at radius 2 is 0.965 bits per heavy atom. The average molecular weight is 748 g/mol. The molecule has 0 unspecified atom stereocenters. The number of nitrogen functional groups attached to an aromatic ring is 1. The Balaban J connectivity index is 0.000000160. The third-order valence-corrected chi connectivity index (χ3v) is 11.7. The van der Waals surface area contributed by atoms with Crippen molar-refractivity contribution in [2.24, 2.45) is 0 Å². The average Bonchev–Trinajstić information content (AvgIpc) is 3.65. The molecule has 10 rings (SSSR count). The van der Waals surface area contributed by atoms with E-state index < -0.39 is 0 Å². The monoisotopic (exact) mass is 747 g/mol. The molecule has 1 nitrogen and oxygen atoms in total. The summed E-state index contributed by atoms with van der Waals surface area (Å²) >= 11 is 1.85. The highest BCUT2D eigenvalue weighted by molar-refractivity contribution is 7.25. The lowest BCUT2D eigenvalue weighted by Crippen LogP contribution is -1.90. The third-order valence-electron chi connectivity index (χ3n) is 10.6. The highest BCUT2D eigenvalue weighted by Crippen LogP contribution is 2.37. The number of thiophene rings is 1. The van der Waals surface area contributed by atoms with Gasteiger partial charge in [-0.25, -0.2) is 0 Å². The van der Waals surface area contributed by atoms with Gasteiger partial charge in [-0.05, 0) is 109 Å². The lowest BCUT2D eigenvalue weighted by atomic mass is 9.96. The van der Waals surface area contributed by atoms with Gasteiger partial charge in [-0.15, -0.1) is 11.3 Å². The van der Waals surface area contributed by atoms with Crippen LogP contribution in [0.2, 0.25) is 0 Å². The Labute approximate surface area is 338 Å². The lowest BCUT2D eigenvalue weighted by molar-refractivity contribution is 1.19. The summed E-state index contributed by atoms with van der Waals surface area (Å²) in [6.07, 6.45) is 5.18. The van der Waals surface area contributed by atoms with E-state index in [1.165, 1.54) is 69.9 Å². The smallest absolute Gasteiger partial charge is 0.0388 e. The molecule has 0 aliphatic heterocycles. The largest absolute Gasteiger partial charge is 0.398 e. The summed E-state index contributed by atoms with van der Waals surface area (Å²) < 4.78 is 2.66. The summed E-state index contributed by atoms with van der Waals surface area (Å²) in [7, 11) is 0. The molecule has 0 aliphatic carbocycles. The molecule has 0 amide bonds. The molecule has 57 heavy (non-hydrogen) atoms. The van der Waals surface area contributed by atoms with E-state index in [4.69, 9.17) is 5.73 Å². The molecule has 0 radical (unpaired) electrons. The van der Waals surface area contributed by atoms with Gasteiger partial charge in [-0.1, -0.05) is 188 Å². The summed E-state index contributed by atoms with van der Waals surface area (Å²) in [6.45, 7) is 0. The summed E-state index contributed by atoms with van der Waals surface area (Å²) in [5, 5.41) is 5.25. The fourth-order valence-electron chi connectivity index (χ4n) is 7.54. The zero-order valence-electron chi connectivity index (χ0n) is 31.6. The maximum Gasteiger partial charge on any atom is 0.0388 e. The molecule has 0 saturated heterocycles. The molecule has 9 aromatic carbocycles. The Hall–Kier alpha value is -7.00. The molecular formula is C55H41NS. The Bertz CT molecular complexity index is 2970. The van der Waals surface area contributed by atoms with Crippen molar-refractivity contribution in [1.82, 2.24) is 0 Å². The van der Waals surface area contributed by atoms with Gasteiger partial charge in [0.15, 0.2) is 0 Å². The molecule has 1 heterocycles. The van der Waals surface area contributed by atoms with Gasteiger partial charge in [0.1, 0.15) is 0 Å². The van der Waals surface area contributed by atoms with Crippen molar-refractivity contribution in [3.05, 3.63) is 235 Å². The lowest BCUT2D eigenvalue weighted by Gasteiger charge is -2.09. The number of anilines is 1. The van der Waals surface area contributed by atoms with E-state index in [1.807, 2.05) is 35.6 Å². The van der Waals surface area contributed by atoms with Gasteiger partial charge in [0, 0.05) is 25.9 Å². The first-order valence-corrected chi connectivity index (χ1v) is 20.2. The van der Waals surface area contributed by atoms with Crippen LogP contribution < -0.4 is 5.73 Å². The molecule has 0 spiro atoms. The predicted octanol–water partition coefficient (Wildman–Crippen LogP) is 15.2. The quantitative estimate of drug-likeness (QED) is 0.127. The molecule has 0 aliphatic rings. The molecule has 2 N–H and O–H groups in total. The zero-order valence-corrected chi connectivity index (χ0v) is 32.4. The van der Waals surface area contributed by atoms with Crippen molar-refractivity contribution in [3.8, 4) is 33.4 Å². The maximum absolute atomic E-state index is 6.29. The Kier molecular flexibility index (Phi) is 10.3. The van der Waals surface area contributed by atoms with Crippen molar-refractivity contribution in [2.45, 2.75) is 6.42 Å². The molecule has 0 atom stereocenters. The van der Waals surface area contributed by atoms with Crippen LogP contribution in [0.15, 0.2) is 212 Å². The van der Waals surface area contributed by atoms with Crippen LogP contribution in [0.1, 0.15) is 22.3 Å². The van der Waals surface area contributed by atoms with Crippen molar-refractivity contribution < 1.29 is 0 Å². The molecule has 0 saturated carbocycles. The van der Waals surface area contributed by atoms with E-state index in [1.54, 1.807) is 0 Å². The van der Waals surface area contributed by atoms with E-state index in [9.17, 15) is 0 Å². The summed E-state index contributed by atoms with van der Waals surface area (Å²) in [5.41, 5.74) is 19.3.